The van der Waals surface area contributed by atoms with Gasteiger partial charge in [-0.3, -0.25) is 4.90 Å². The summed E-state index contributed by atoms with van der Waals surface area (Å²) >= 11 is 6.02. The third-order valence-corrected chi connectivity index (χ3v) is 4.48. The minimum absolute atomic E-state index is 0.0961. The Morgan fingerprint density at radius 3 is 2.64 bits per heavy atom. The van der Waals surface area contributed by atoms with Crippen LogP contribution in [0.1, 0.15) is 18.4 Å². The summed E-state index contributed by atoms with van der Waals surface area (Å²) in [4.78, 5) is 2.01. The van der Waals surface area contributed by atoms with Gasteiger partial charge in [0.2, 0.25) is 0 Å². The first-order valence-corrected chi connectivity index (χ1v) is 8.64. The zero-order valence-electron chi connectivity index (χ0n) is 13.7. The van der Waals surface area contributed by atoms with E-state index < -0.39 is 17.7 Å². The van der Waals surface area contributed by atoms with Crippen molar-refractivity contribution in [3.8, 4) is 5.75 Å². The summed E-state index contributed by atoms with van der Waals surface area (Å²) in [5, 5.41) is 10.8. The van der Waals surface area contributed by atoms with Gasteiger partial charge in [0, 0.05) is 30.8 Å². The quantitative estimate of drug-likeness (QED) is 0.764. The SMILES string of the molecule is OC(COc1ccccc1Cl)CN(Cc1ccc(F)cc1F)C1CC1. The molecule has 2 aromatic carbocycles. The molecule has 1 N–H and O–H groups in total. The van der Waals surface area contributed by atoms with Gasteiger partial charge in [-0.25, -0.2) is 8.78 Å². The molecule has 0 amide bonds. The molecule has 0 bridgehead atoms. The van der Waals surface area contributed by atoms with Crippen molar-refractivity contribution in [3.63, 3.8) is 0 Å². The molecule has 134 valence electrons. The lowest BCUT2D eigenvalue weighted by Gasteiger charge is -2.25. The summed E-state index contributed by atoms with van der Waals surface area (Å²) in [6.07, 6.45) is 1.29. The Labute approximate surface area is 150 Å². The molecule has 0 saturated heterocycles. The van der Waals surface area contributed by atoms with Crippen LogP contribution in [-0.2, 0) is 6.54 Å². The highest BCUT2D eigenvalue weighted by Crippen LogP contribution is 2.29. The van der Waals surface area contributed by atoms with Gasteiger partial charge in [0.25, 0.3) is 0 Å². The predicted octanol–water partition coefficient (Wildman–Crippen LogP) is 4.02. The van der Waals surface area contributed by atoms with E-state index in [0.29, 0.717) is 35.5 Å². The average Bonchev–Trinajstić information content (AvgIpc) is 3.41. The lowest BCUT2D eigenvalue weighted by molar-refractivity contribution is 0.0623. The van der Waals surface area contributed by atoms with Gasteiger partial charge in [-0.05, 0) is 31.0 Å². The van der Waals surface area contributed by atoms with Crippen LogP contribution >= 0.6 is 11.6 Å². The molecule has 0 radical (unpaired) electrons. The molecule has 1 fully saturated rings. The molecule has 1 atom stereocenters. The summed E-state index contributed by atoms with van der Waals surface area (Å²) in [5.74, 6) is -0.634. The van der Waals surface area contributed by atoms with Crippen LogP contribution in [0.4, 0.5) is 8.78 Å². The fourth-order valence-electron chi connectivity index (χ4n) is 2.72. The summed E-state index contributed by atoms with van der Waals surface area (Å²) in [5.41, 5.74) is 0.424. The molecule has 0 spiro atoms. The monoisotopic (exact) mass is 367 g/mol. The third-order valence-electron chi connectivity index (χ3n) is 4.16. The maximum atomic E-state index is 13.9. The third kappa shape index (κ3) is 5.14. The zero-order chi connectivity index (χ0) is 17.8. The number of ether oxygens (including phenoxy) is 1. The predicted molar refractivity (Wildman–Crippen MR) is 92.7 cm³/mol. The molecule has 3 rings (SSSR count). The molecule has 0 aromatic heterocycles. The Hall–Kier alpha value is -1.69. The van der Waals surface area contributed by atoms with Crippen LogP contribution in [0, 0.1) is 11.6 Å². The minimum atomic E-state index is -0.736. The fraction of sp³-hybridized carbons (Fsp3) is 0.368. The summed E-state index contributed by atoms with van der Waals surface area (Å²) in [6.45, 7) is 0.782. The molecule has 1 unspecified atom stereocenters. The lowest BCUT2D eigenvalue weighted by atomic mass is 10.2. The van der Waals surface area contributed by atoms with E-state index in [1.807, 2.05) is 4.90 Å². The fourth-order valence-corrected chi connectivity index (χ4v) is 2.91. The Balaban J connectivity index is 1.57. The first kappa shape index (κ1) is 18.1. The van der Waals surface area contributed by atoms with Gasteiger partial charge in [0.1, 0.15) is 30.1 Å². The lowest BCUT2D eigenvalue weighted by Crippen LogP contribution is -2.37. The number of nitrogens with zero attached hydrogens (tertiary/aromatic N) is 1. The minimum Gasteiger partial charge on any atom is -0.489 e. The Kier molecular flexibility index (Phi) is 5.89. The maximum Gasteiger partial charge on any atom is 0.138 e. The number of aliphatic hydroxyl groups is 1. The number of rotatable bonds is 8. The molecule has 0 heterocycles. The van der Waals surface area contributed by atoms with Crippen LogP contribution < -0.4 is 4.74 Å². The van der Waals surface area contributed by atoms with Crippen LogP contribution in [-0.4, -0.2) is 35.3 Å². The van der Waals surface area contributed by atoms with Crippen LogP contribution in [0.25, 0.3) is 0 Å². The van der Waals surface area contributed by atoms with E-state index in [0.717, 1.165) is 18.9 Å². The first-order valence-electron chi connectivity index (χ1n) is 8.26. The largest absolute Gasteiger partial charge is 0.489 e. The van der Waals surface area contributed by atoms with E-state index in [9.17, 15) is 13.9 Å². The van der Waals surface area contributed by atoms with Crippen LogP contribution in [0.5, 0.6) is 5.75 Å². The Morgan fingerprint density at radius 1 is 1.20 bits per heavy atom. The molecule has 1 saturated carbocycles. The van der Waals surface area contributed by atoms with Crippen molar-refractivity contribution >= 4 is 11.6 Å². The normalized spacial score (nSPS) is 15.4. The van der Waals surface area contributed by atoms with Crippen molar-refractivity contribution in [1.29, 1.82) is 0 Å². The smallest absolute Gasteiger partial charge is 0.138 e. The van der Waals surface area contributed by atoms with Crippen LogP contribution in [0.15, 0.2) is 42.5 Å². The Morgan fingerprint density at radius 2 is 1.96 bits per heavy atom. The molecule has 2 aromatic rings. The van der Waals surface area contributed by atoms with Crippen LogP contribution in [0.3, 0.4) is 0 Å². The second kappa shape index (κ2) is 8.13. The van der Waals surface area contributed by atoms with Crippen molar-refractivity contribution in [1.82, 2.24) is 4.90 Å². The van der Waals surface area contributed by atoms with Gasteiger partial charge >= 0.3 is 0 Å². The number of halogens is 3. The summed E-state index contributed by atoms with van der Waals surface area (Å²) in [7, 11) is 0. The van der Waals surface area contributed by atoms with Crippen molar-refractivity contribution in [3.05, 3.63) is 64.7 Å². The van der Waals surface area contributed by atoms with E-state index in [-0.39, 0.29) is 6.61 Å². The zero-order valence-corrected chi connectivity index (χ0v) is 14.4. The highest BCUT2D eigenvalue weighted by Gasteiger charge is 2.31. The number of aliphatic hydroxyl groups excluding tert-OH is 1. The van der Waals surface area contributed by atoms with Gasteiger partial charge in [0.05, 0.1) is 5.02 Å². The Bertz CT molecular complexity index is 724. The van der Waals surface area contributed by atoms with Gasteiger partial charge in [-0.2, -0.15) is 0 Å². The maximum absolute atomic E-state index is 13.9. The standard InChI is InChI=1S/C19H20ClF2NO2/c20-17-3-1-2-4-19(17)25-12-16(24)11-23(15-7-8-15)10-13-5-6-14(21)9-18(13)22/h1-6,9,15-16,24H,7-8,10-12H2. The molecule has 3 nitrogen and oxygen atoms in total. The number of hydrogen-bond donors (Lipinski definition) is 1. The number of benzene rings is 2. The van der Waals surface area contributed by atoms with E-state index in [4.69, 9.17) is 16.3 Å². The molecule has 6 heteroatoms. The first-order chi connectivity index (χ1) is 12.0. The van der Waals surface area contributed by atoms with E-state index in [2.05, 4.69) is 0 Å². The molecule has 25 heavy (non-hydrogen) atoms. The van der Waals surface area contributed by atoms with Gasteiger partial charge in [-0.15, -0.1) is 0 Å². The second-order valence-electron chi connectivity index (χ2n) is 6.29. The van der Waals surface area contributed by atoms with Gasteiger partial charge in [-0.1, -0.05) is 29.8 Å². The van der Waals surface area contributed by atoms with Gasteiger partial charge in [0.15, 0.2) is 0 Å². The number of hydrogen-bond acceptors (Lipinski definition) is 3. The average molecular weight is 368 g/mol. The molecular weight excluding hydrogens is 348 g/mol. The topological polar surface area (TPSA) is 32.7 Å². The molecule has 0 aliphatic heterocycles. The van der Waals surface area contributed by atoms with E-state index >= 15 is 0 Å². The van der Waals surface area contributed by atoms with Crippen molar-refractivity contribution in [2.24, 2.45) is 0 Å². The highest BCUT2D eigenvalue weighted by atomic mass is 35.5. The van der Waals surface area contributed by atoms with E-state index in [1.54, 1.807) is 24.3 Å². The van der Waals surface area contributed by atoms with Crippen molar-refractivity contribution in [2.75, 3.05) is 13.2 Å². The number of para-hydroxylation sites is 1. The highest BCUT2D eigenvalue weighted by molar-refractivity contribution is 6.32. The van der Waals surface area contributed by atoms with Crippen LogP contribution in [0.2, 0.25) is 5.02 Å². The van der Waals surface area contributed by atoms with E-state index in [1.165, 1.54) is 12.1 Å². The molecule has 1 aliphatic rings. The van der Waals surface area contributed by atoms with Crippen molar-refractivity contribution in [2.45, 2.75) is 31.5 Å². The van der Waals surface area contributed by atoms with Gasteiger partial charge < -0.3 is 9.84 Å². The molecular formula is C19H20ClF2NO2. The van der Waals surface area contributed by atoms with Crippen molar-refractivity contribution < 1.29 is 18.6 Å². The summed E-state index contributed by atoms with van der Waals surface area (Å²) < 4.78 is 32.5. The summed E-state index contributed by atoms with van der Waals surface area (Å²) in [6, 6.07) is 11.0. The second-order valence-corrected chi connectivity index (χ2v) is 6.70. The molecule has 1 aliphatic carbocycles.